The number of pyridine rings is 1. The Balaban J connectivity index is 1.40. The van der Waals surface area contributed by atoms with Gasteiger partial charge in [0.25, 0.3) is 0 Å². The van der Waals surface area contributed by atoms with Gasteiger partial charge in [0, 0.05) is 44.7 Å². The number of aryl methyl sites for hydroxylation is 3. The number of ether oxygens (including phenoxy) is 1. The fraction of sp³-hybridized carbons (Fsp3) is 0.419. The first kappa shape index (κ1) is 28.4. The van der Waals surface area contributed by atoms with E-state index in [1.165, 1.54) is 0 Å². The van der Waals surface area contributed by atoms with E-state index in [0.717, 1.165) is 45.4 Å². The fourth-order valence-electron chi connectivity index (χ4n) is 6.26. The van der Waals surface area contributed by atoms with E-state index in [-0.39, 0.29) is 29.2 Å². The second kappa shape index (κ2) is 11.2. The lowest BCUT2D eigenvalue weighted by Gasteiger charge is -2.36. The molecule has 1 saturated heterocycles. The van der Waals surface area contributed by atoms with E-state index in [0.29, 0.717) is 38.5 Å². The van der Waals surface area contributed by atoms with Crippen molar-refractivity contribution in [3.63, 3.8) is 0 Å². The van der Waals surface area contributed by atoms with Crippen LogP contribution in [0.3, 0.4) is 0 Å². The molecule has 6 rings (SSSR count). The molecule has 1 fully saturated rings. The molecular formula is C31H36N6O4S. The molecule has 4 heterocycles. The summed E-state index contributed by atoms with van der Waals surface area (Å²) in [6, 6.07) is 13.4. The van der Waals surface area contributed by atoms with Crippen molar-refractivity contribution in [1.29, 1.82) is 0 Å². The first-order valence-corrected chi connectivity index (χ1v) is 15.8. The van der Waals surface area contributed by atoms with Crippen LogP contribution in [-0.4, -0.2) is 70.8 Å². The molecule has 1 unspecified atom stereocenters. The van der Waals surface area contributed by atoms with Gasteiger partial charge in [-0.2, -0.15) is 4.31 Å². The van der Waals surface area contributed by atoms with Crippen LogP contribution in [-0.2, 0) is 32.6 Å². The van der Waals surface area contributed by atoms with Crippen molar-refractivity contribution < 1.29 is 17.9 Å². The summed E-state index contributed by atoms with van der Waals surface area (Å²) in [7, 11) is -3.83. The second-order valence-corrected chi connectivity index (χ2v) is 13.1. The summed E-state index contributed by atoms with van der Waals surface area (Å²) >= 11 is 0. The number of hydrogen-bond acceptors (Lipinski definition) is 8. The molecule has 11 heteroatoms. The number of carbonyl (C=O) groups is 1. The Morgan fingerprint density at radius 3 is 2.79 bits per heavy atom. The molecule has 0 bridgehead atoms. The first-order valence-electron chi connectivity index (χ1n) is 14.4. The molecule has 2 aliphatic rings. The number of rotatable bonds is 7. The molecule has 42 heavy (non-hydrogen) atoms. The summed E-state index contributed by atoms with van der Waals surface area (Å²) in [6.07, 6.45) is 1.97. The first-order chi connectivity index (χ1) is 20.2. The van der Waals surface area contributed by atoms with Gasteiger partial charge in [0.05, 0.1) is 24.8 Å². The molecule has 2 aliphatic heterocycles. The topological polar surface area (TPSA) is 111 Å². The van der Waals surface area contributed by atoms with Gasteiger partial charge >= 0.3 is 0 Å². The summed E-state index contributed by atoms with van der Waals surface area (Å²) in [5.41, 5.74) is 6.67. The van der Waals surface area contributed by atoms with E-state index < -0.39 is 10.0 Å². The molecule has 2 atom stereocenters. The summed E-state index contributed by atoms with van der Waals surface area (Å²) in [5, 5.41) is 8.71. The predicted molar refractivity (Wildman–Crippen MR) is 160 cm³/mol. The van der Waals surface area contributed by atoms with Crippen LogP contribution in [0.15, 0.2) is 53.6 Å². The van der Waals surface area contributed by atoms with E-state index >= 15 is 0 Å². The lowest BCUT2D eigenvalue weighted by molar-refractivity contribution is -0.117. The third kappa shape index (κ3) is 4.99. The van der Waals surface area contributed by atoms with Crippen molar-refractivity contribution in [3.05, 3.63) is 76.5 Å². The maximum Gasteiger partial charge on any atom is 0.247 e. The van der Waals surface area contributed by atoms with Crippen molar-refractivity contribution in [2.75, 3.05) is 31.2 Å². The molecule has 2 aromatic carbocycles. The average Bonchev–Trinajstić information content (AvgIpc) is 3.38. The number of aromatic nitrogens is 4. The van der Waals surface area contributed by atoms with Gasteiger partial charge in [-0.15, -0.1) is 5.10 Å². The molecule has 0 radical (unpaired) electrons. The summed E-state index contributed by atoms with van der Waals surface area (Å²) in [4.78, 5) is 19.3. The van der Waals surface area contributed by atoms with Crippen LogP contribution in [0.5, 0.6) is 0 Å². The number of fused-ring (bicyclic) bond motifs is 4. The van der Waals surface area contributed by atoms with E-state index in [9.17, 15) is 13.2 Å². The Hall–Kier alpha value is -3.67. The van der Waals surface area contributed by atoms with E-state index in [1.807, 2.05) is 43.7 Å². The molecule has 0 spiro atoms. The maximum absolute atomic E-state index is 14.0. The zero-order valence-corrected chi connectivity index (χ0v) is 25.3. The zero-order valence-electron chi connectivity index (χ0n) is 24.4. The van der Waals surface area contributed by atoms with E-state index in [4.69, 9.17) is 4.74 Å². The minimum atomic E-state index is -3.83. The highest BCUT2D eigenvalue weighted by molar-refractivity contribution is 7.89. The number of ketones is 1. The number of morpholine rings is 1. The largest absolute Gasteiger partial charge is 0.377 e. The minimum absolute atomic E-state index is 0.0791. The number of nitrogens with zero attached hydrogens (tertiary/aromatic N) is 6. The Morgan fingerprint density at radius 1 is 1.17 bits per heavy atom. The molecule has 0 saturated carbocycles. The van der Waals surface area contributed by atoms with Gasteiger partial charge in [0.1, 0.15) is 22.0 Å². The number of sulfonamides is 1. The second-order valence-electron chi connectivity index (χ2n) is 11.2. The highest BCUT2D eigenvalue weighted by Gasteiger charge is 2.39. The lowest BCUT2D eigenvalue weighted by Crippen LogP contribution is -2.50. The van der Waals surface area contributed by atoms with Crippen LogP contribution in [0, 0.1) is 13.8 Å². The number of Topliss-reactive ketones (excluding diaryl/α,β-unsaturated/α-hetero) is 1. The van der Waals surface area contributed by atoms with Gasteiger partial charge in [-0.25, -0.2) is 18.1 Å². The summed E-state index contributed by atoms with van der Waals surface area (Å²) in [6.45, 7) is 10.4. The number of carbonyl (C=O) groups excluding carboxylic acids is 1. The quantitative estimate of drug-likeness (QED) is 0.319. The molecule has 220 valence electrons. The molecule has 10 nitrogen and oxygen atoms in total. The van der Waals surface area contributed by atoms with Gasteiger partial charge in [-0.1, -0.05) is 29.5 Å². The Kier molecular flexibility index (Phi) is 7.59. The highest BCUT2D eigenvalue weighted by atomic mass is 32.2. The highest BCUT2D eigenvalue weighted by Crippen LogP contribution is 2.36. The molecule has 0 amide bonds. The normalized spacial score (nSPS) is 19.2. The maximum atomic E-state index is 14.0. The minimum Gasteiger partial charge on any atom is -0.377 e. The van der Waals surface area contributed by atoms with Crippen LogP contribution in [0.4, 0.5) is 5.82 Å². The van der Waals surface area contributed by atoms with Gasteiger partial charge in [-0.05, 0) is 73.7 Å². The van der Waals surface area contributed by atoms with Crippen molar-refractivity contribution >= 4 is 32.7 Å². The van der Waals surface area contributed by atoms with Crippen LogP contribution in [0.1, 0.15) is 54.0 Å². The Morgan fingerprint density at radius 2 is 2.00 bits per heavy atom. The molecular weight excluding hydrogens is 552 g/mol. The van der Waals surface area contributed by atoms with Gasteiger partial charge in [0.2, 0.25) is 10.0 Å². The summed E-state index contributed by atoms with van der Waals surface area (Å²) in [5.74, 6) is 0.368. The molecule has 0 aliphatic carbocycles. The third-order valence-electron chi connectivity index (χ3n) is 8.55. The van der Waals surface area contributed by atoms with Crippen molar-refractivity contribution in [3.8, 4) is 0 Å². The Bertz CT molecular complexity index is 1770. The Labute approximate surface area is 246 Å². The lowest BCUT2D eigenvalue weighted by atomic mass is 9.83. The smallest absolute Gasteiger partial charge is 0.247 e. The number of benzene rings is 2. The van der Waals surface area contributed by atoms with Gasteiger partial charge in [0.15, 0.2) is 0 Å². The van der Waals surface area contributed by atoms with Gasteiger partial charge < -0.3 is 9.64 Å². The van der Waals surface area contributed by atoms with Crippen LogP contribution < -0.4 is 4.90 Å². The van der Waals surface area contributed by atoms with Crippen molar-refractivity contribution in [2.24, 2.45) is 0 Å². The standard InChI is InChI=1S/C31H36N6O4S/c1-5-37-28-11-10-26(22(4)30(28)33-34-37)27(15-21(3)38)23-9-8-20(2)24(16-23)17-35-18-25-19-41-14-13-36(25)31-29(42(35,39)40)7-6-12-32-31/h6-12,16,25,27H,5,13-15,17-19H2,1-4H3/t25-,27?/m0/s1. The zero-order chi connectivity index (χ0) is 29.6. The van der Waals surface area contributed by atoms with Crippen molar-refractivity contribution in [2.45, 2.75) is 64.1 Å². The van der Waals surface area contributed by atoms with Gasteiger partial charge in [-0.3, -0.25) is 4.79 Å². The SMILES string of the molecule is CCn1nnc2c(C)c(C(CC(C)=O)c3ccc(C)c(CN4C[C@H]5COCCN5c5ncccc5S4(=O)=O)c3)ccc21. The monoisotopic (exact) mass is 588 g/mol. The summed E-state index contributed by atoms with van der Waals surface area (Å²) < 4.78 is 37.2. The third-order valence-corrected chi connectivity index (χ3v) is 10.4. The average molecular weight is 589 g/mol. The van der Waals surface area contributed by atoms with Crippen molar-refractivity contribution in [1.82, 2.24) is 24.3 Å². The molecule has 0 N–H and O–H groups in total. The molecule has 2 aromatic heterocycles. The molecule has 4 aromatic rings. The fourth-order valence-corrected chi connectivity index (χ4v) is 7.87. The predicted octanol–water partition coefficient (Wildman–Crippen LogP) is 3.98. The van der Waals surface area contributed by atoms with Crippen LogP contribution in [0.25, 0.3) is 11.0 Å². The van der Waals surface area contributed by atoms with Crippen LogP contribution in [0.2, 0.25) is 0 Å². The van der Waals surface area contributed by atoms with E-state index in [2.05, 4.69) is 32.3 Å². The van der Waals surface area contributed by atoms with E-state index in [1.54, 1.807) is 29.6 Å². The number of hydrogen-bond donors (Lipinski definition) is 0. The number of anilines is 1. The van der Waals surface area contributed by atoms with Crippen LogP contribution >= 0.6 is 0 Å².